The third kappa shape index (κ3) is 12.7. The van der Waals surface area contributed by atoms with Gasteiger partial charge in [0.1, 0.15) is 17.6 Å². The van der Waals surface area contributed by atoms with Crippen molar-refractivity contribution in [3.63, 3.8) is 0 Å². The Bertz CT molecular complexity index is 1850. The summed E-state index contributed by atoms with van der Waals surface area (Å²) in [6.07, 6.45) is 5.06. The highest BCUT2D eigenvalue weighted by Gasteiger charge is 2.34. The lowest BCUT2D eigenvalue weighted by Crippen LogP contribution is -2.49. The highest BCUT2D eigenvalue weighted by Crippen LogP contribution is 2.29. The Hall–Kier alpha value is -6.79. The van der Waals surface area contributed by atoms with Gasteiger partial charge < -0.3 is 45.3 Å². The largest absolute Gasteiger partial charge is 0.481 e. The van der Waals surface area contributed by atoms with E-state index in [0.717, 1.165) is 17.9 Å². The number of carbonyl (C=O) groups excluding carboxylic acids is 5. The Labute approximate surface area is 313 Å². The van der Waals surface area contributed by atoms with Gasteiger partial charge in [-0.15, -0.1) is 0 Å². The molecule has 2 aromatic heterocycles. The SMILES string of the molecule is CCCCCC(C(=O)NCNC(=O)c1ccc(-c2ccc(C(=O)NC(CC(=O)O)C(=O)O)c(OCC(=O)O)c2)o1)C(CC)N(C=O)OC(=O)c1cccnc1. The van der Waals surface area contributed by atoms with E-state index in [1.807, 2.05) is 6.92 Å². The quantitative estimate of drug-likeness (QED) is 0.0350. The predicted octanol–water partition coefficient (Wildman–Crippen LogP) is 2.47. The Morgan fingerprint density at radius 2 is 1.71 bits per heavy atom. The first-order valence-electron chi connectivity index (χ1n) is 17.1. The maximum atomic E-state index is 13.5. The van der Waals surface area contributed by atoms with Crippen molar-refractivity contribution in [2.75, 3.05) is 13.3 Å². The molecule has 3 unspecified atom stereocenters. The van der Waals surface area contributed by atoms with Crippen LogP contribution < -0.4 is 20.7 Å². The van der Waals surface area contributed by atoms with E-state index in [2.05, 4.69) is 20.9 Å². The molecule has 0 saturated heterocycles. The molecule has 0 saturated carbocycles. The Morgan fingerprint density at radius 1 is 0.945 bits per heavy atom. The van der Waals surface area contributed by atoms with Crippen LogP contribution in [-0.4, -0.2) is 98.7 Å². The molecule has 0 aliphatic heterocycles. The molecule has 0 aliphatic carbocycles. The molecule has 1 aromatic carbocycles. The van der Waals surface area contributed by atoms with Gasteiger partial charge in [-0.25, -0.2) is 14.4 Å². The van der Waals surface area contributed by atoms with E-state index in [9.17, 15) is 43.5 Å². The second-order valence-electron chi connectivity index (χ2n) is 11.9. The van der Waals surface area contributed by atoms with Crippen molar-refractivity contribution in [2.24, 2.45) is 5.92 Å². The number of hydrogen-bond donors (Lipinski definition) is 6. The zero-order valence-electron chi connectivity index (χ0n) is 29.9. The number of benzene rings is 1. The number of rotatable bonds is 23. The number of unbranched alkanes of at least 4 members (excludes halogenated alkanes) is 2. The van der Waals surface area contributed by atoms with E-state index in [4.69, 9.17) is 24.2 Å². The minimum absolute atomic E-state index is 0.0761. The van der Waals surface area contributed by atoms with Crippen molar-refractivity contribution >= 4 is 48.0 Å². The number of furan rings is 1. The topological polar surface area (TPSA) is 281 Å². The van der Waals surface area contributed by atoms with Crippen LogP contribution >= 0.6 is 0 Å². The van der Waals surface area contributed by atoms with Crippen molar-refractivity contribution in [1.82, 2.24) is 26.0 Å². The van der Waals surface area contributed by atoms with Gasteiger partial charge in [0.25, 0.3) is 11.8 Å². The fourth-order valence-corrected chi connectivity index (χ4v) is 5.33. The molecule has 294 valence electrons. The average molecular weight is 768 g/mol. The van der Waals surface area contributed by atoms with Gasteiger partial charge in [0.15, 0.2) is 12.4 Å². The lowest BCUT2D eigenvalue weighted by molar-refractivity contribution is -0.171. The monoisotopic (exact) mass is 767 g/mol. The van der Waals surface area contributed by atoms with Gasteiger partial charge in [-0.3, -0.25) is 29.0 Å². The molecule has 0 fully saturated rings. The maximum Gasteiger partial charge on any atom is 0.364 e. The summed E-state index contributed by atoms with van der Waals surface area (Å²) in [5.74, 6) is -8.85. The Morgan fingerprint density at radius 3 is 2.33 bits per heavy atom. The standard InChI is InChI=1S/C36H41N5O14/c1-3-5-6-9-23(26(4-2)41(20-42)55-36(52)22-8-7-14-37-17-22)32(47)38-19-39-34(49)28-13-12-27(54-28)21-10-11-24(29(15-21)53-18-31(45)46)33(48)40-25(35(50)51)16-30(43)44/h7-8,10-15,17,20,23,25-26H,3-6,9,16,18-19H2,1-2H3,(H,38,47)(H,39,49)(H,40,48)(H,43,44)(H,45,46)(H,50,51). The predicted molar refractivity (Wildman–Crippen MR) is 188 cm³/mol. The summed E-state index contributed by atoms with van der Waals surface area (Å²) in [5, 5.41) is 35.4. The Balaban J connectivity index is 1.72. The van der Waals surface area contributed by atoms with Crippen LogP contribution in [0.1, 0.15) is 83.6 Å². The molecule has 3 aromatic rings. The number of hydroxylamine groups is 2. The molecule has 6 N–H and O–H groups in total. The van der Waals surface area contributed by atoms with E-state index in [0.29, 0.717) is 19.3 Å². The van der Waals surface area contributed by atoms with Crippen LogP contribution in [0.3, 0.4) is 0 Å². The van der Waals surface area contributed by atoms with E-state index in [-0.39, 0.29) is 47.0 Å². The highest BCUT2D eigenvalue weighted by atomic mass is 16.7. The van der Waals surface area contributed by atoms with Crippen LogP contribution in [-0.2, 0) is 28.8 Å². The normalized spacial score (nSPS) is 12.3. The second-order valence-corrected chi connectivity index (χ2v) is 11.9. The number of hydrogen-bond acceptors (Lipinski definition) is 12. The number of carboxylic acids is 3. The van der Waals surface area contributed by atoms with Crippen LogP contribution in [0.4, 0.5) is 0 Å². The van der Waals surface area contributed by atoms with Gasteiger partial charge in [0.05, 0.1) is 36.2 Å². The first-order chi connectivity index (χ1) is 26.3. The summed E-state index contributed by atoms with van der Waals surface area (Å²) in [6, 6.07) is 6.81. The number of ether oxygens (including phenoxy) is 1. The molecule has 4 amide bonds. The van der Waals surface area contributed by atoms with Gasteiger partial charge in [0.2, 0.25) is 12.3 Å². The number of nitrogens with one attached hydrogen (secondary N) is 3. The zero-order chi connectivity index (χ0) is 40.5. The summed E-state index contributed by atoms with van der Waals surface area (Å²) in [7, 11) is 0. The van der Waals surface area contributed by atoms with Crippen molar-refractivity contribution in [3.05, 3.63) is 71.7 Å². The average Bonchev–Trinajstić information content (AvgIpc) is 3.66. The van der Waals surface area contributed by atoms with Gasteiger partial charge in [-0.05, 0) is 49.2 Å². The molecule has 55 heavy (non-hydrogen) atoms. The maximum absolute atomic E-state index is 13.5. The minimum atomic E-state index is -1.79. The number of nitrogens with zero attached hydrogens (tertiary/aromatic N) is 2. The lowest BCUT2D eigenvalue weighted by Gasteiger charge is -2.31. The minimum Gasteiger partial charge on any atom is -0.481 e. The first-order valence-corrected chi connectivity index (χ1v) is 17.1. The molecule has 0 aliphatic rings. The Kier molecular flexibility index (Phi) is 16.3. The summed E-state index contributed by atoms with van der Waals surface area (Å²) in [5.41, 5.74) is 0.0224. The second kappa shape index (κ2) is 21.0. The van der Waals surface area contributed by atoms with Crippen LogP contribution in [0.15, 0.2) is 59.3 Å². The van der Waals surface area contributed by atoms with Crippen LogP contribution in [0.25, 0.3) is 11.3 Å². The summed E-state index contributed by atoms with van der Waals surface area (Å²) < 4.78 is 10.9. The van der Waals surface area contributed by atoms with Crippen molar-refractivity contribution in [1.29, 1.82) is 0 Å². The highest BCUT2D eigenvalue weighted by molar-refractivity contribution is 6.00. The van der Waals surface area contributed by atoms with E-state index in [1.165, 1.54) is 54.9 Å². The van der Waals surface area contributed by atoms with Gasteiger partial charge >= 0.3 is 23.9 Å². The molecule has 19 heteroatoms. The smallest absolute Gasteiger partial charge is 0.364 e. The number of carboxylic acid groups (broad SMARTS) is 3. The van der Waals surface area contributed by atoms with Crippen molar-refractivity contribution < 1.29 is 67.7 Å². The first kappa shape index (κ1) is 42.6. The number of aliphatic carboxylic acids is 3. The molecule has 19 nitrogen and oxygen atoms in total. The molecule has 0 spiro atoms. The fraction of sp³-hybridized carbons (Fsp3) is 0.361. The molecular formula is C36H41N5O14. The van der Waals surface area contributed by atoms with Gasteiger partial charge in [-0.1, -0.05) is 39.2 Å². The van der Waals surface area contributed by atoms with Crippen LogP contribution in [0.2, 0.25) is 0 Å². The third-order valence-electron chi connectivity index (χ3n) is 8.04. The van der Waals surface area contributed by atoms with Gasteiger partial charge in [-0.2, -0.15) is 5.06 Å². The van der Waals surface area contributed by atoms with Gasteiger partial charge in [0, 0.05) is 18.0 Å². The fourth-order valence-electron chi connectivity index (χ4n) is 5.33. The molecule has 0 bridgehead atoms. The van der Waals surface area contributed by atoms with Crippen molar-refractivity contribution in [2.45, 2.75) is 64.5 Å². The summed E-state index contributed by atoms with van der Waals surface area (Å²) in [4.78, 5) is 107. The number of carbonyl (C=O) groups is 8. The third-order valence-corrected chi connectivity index (χ3v) is 8.04. The van der Waals surface area contributed by atoms with Crippen LogP contribution in [0, 0.1) is 5.92 Å². The molecule has 3 rings (SSSR count). The van der Waals surface area contributed by atoms with Crippen LogP contribution in [0.5, 0.6) is 5.75 Å². The van der Waals surface area contributed by atoms with E-state index in [1.54, 1.807) is 6.92 Å². The lowest BCUT2D eigenvalue weighted by atomic mass is 9.90. The number of amides is 4. The molecular weight excluding hydrogens is 726 g/mol. The van der Waals surface area contributed by atoms with Crippen molar-refractivity contribution in [3.8, 4) is 17.1 Å². The number of pyridine rings is 1. The summed E-state index contributed by atoms with van der Waals surface area (Å²) >= 11 is 0. The molecule has 0 radical (unpaired) electrons. The van der Waals surface area contributed by atoms with E-state index < -0.39 is 72.6 Å². The summed E-state index contributed by atoms with van der Waals surface area (Å²) in [6.45, 7) is 2.48. The molecule has 3 atom stereocenters. The molecule has 2 heterocycles. The number of aromatic nitrogens is 1. The zero-order valence-corrected chi connectivity index (χ0v) is 29.9. The van der Waals surface area contributed by atoms with E-state index >= 15 is 0 Å².